The average Bonchev–Trinajstić information content (AvgIpc) is 3.32. The van der Waals surface area contributed by atoms with Gasteiger partial charge in [0.05, 0.1) is 13.1 Å². The highest BCUT2D eigenvalue weighted by Gasteiger charge is 2.19. The van der Waals surface area contributed by atoms with E-state index in [4.69, 9.17) is 0 Å². The van der Waals surface area contributed by atoms with Crippen LogP contribution in [0.3, 0.4) is 0 Å². The summed E-state index contributed by atoms with van der Waals surface area (Å²) in [5.74, 6) is -0.310. The number of hydrogen-bond acceptors (Lipinski definition) is 5. The third kappa shape index (κ3) is 7.96. The Morgan fingerprint density at radius 2 is 1.72 bits per heavy atom. The lowest BCUT2D eigenvalue weighted by Gasteiger charge is -2.21. The molecule has 3 aromatic rings. The molecule has 0 aliphatic carbocycles. The fourth-order valence-electron chi connectivity index (χ4n) is 3.06. The van der Waals surface area contributed by atoms with Gasteiger partial charge in [0.1, 0.15) is 5.82 Å². The van der Waals surface area contributed by atoms with Gasteiger partial charge < -0.3 is 15.5 Å². The molecule has 3 rings (SSSR count). The van der Waals surface area contributed by atoms with Crippen LogP contribution < -0.4 is 10.6 Å². The van der Waals surface area contributed by atoms with E-state index in [0.29, 0.717) is 18.9 Å². The first-order chi connectivity index (χ1) is 15.6. The maximum absolute atomic E-state index is 12.8. The van der Waals surface area contributed by atoms with E-state index in [-0.39, 0.29) is 37.1 Å². The molecule has 0 unspecified atom stereocenters. The van der Waals surface area contributed by atoms with Crippen LogP contribution in [0.2, 0.25) is 0 Å². The molecule has 2 aromatic heterocycles. The molecule has 0 saturated carbocycles. The molecular weight excluding hydrogens is 424 g/mol. The predicted octanol–water partition coefficient (Wildman–Crippen LogP) is 3.25. The molecule has 0 spiro atoms. The van der Waals surface area contributed by atoms with Crippen LogP contribution in [0.15, 0.2) is 72.2 Å². The van der Waals surface area contributed by atoms with Crippen molar-refractivity contribution >= 4 is 34.9 Å². The fourth-order valence-corrected chi connectivity index (χ4v) is 3.78. The lowest BCUT2D eigenvalue weighted by Crippen LogP contribution is -2.41. The van der Waals surface area contributed by atoms with Gasteiger partial charge in [-0.1, -0.05) is 42.5 Å². The Bertz CT molecular complexity index is 995. The number of nitrogens with one attached hydrogen (secondary N) is 2. The zero-order valence-corrected chi connectivity index (χ0v) is 18.5. The summed E-state index contributed by atoms with van der Waals surface area (Å²) < 4.78 is 0. The minimum atomic E-state index is -0.291. The van der Waals surface area contributed by atoms with Gasteiger partial charge in [-0.15, -0.1) is 11.3 Å². The van der Waals surface area contributed by atoms with Crippen LogP contribution in [0, 0.1) is 0 Å². The number of aromatic nitrogens is 1. The van der Waals surface area contributed by atoms with E-state index < -0.39 is 0 Å². The topological polar surface area (TPSA) is 91.4 Å². The summed E-state index contributed by atoms with van der Waals surface area (Å²) in [6.07, 6.45) is 2.34. The van der Waals surface area contributed by atoms with Crippen molar-refractivity contribution in [1.29, 1.82) is 0 Å². The van der Waals surface area contributed by atoms with Crippen LogP contribution in [0.25, 0.3) is 0 Å². The first kappa shape index (κ1) is 23.1. The number of amides is 3. The van der Waals surface area contributed by atoms with Crippen LogP contribution >= 0.6 is 11.3 Å². The van der Waals surface area contributed by atoms with Crippen LogP contribution in [0.4, 0.5) is 5.82 Å². The number of anilines is 1. The molecule has 0 saturated heterocycles. The van der Waals surface area contributed by atoms with Crippen LogP contribution in [-0.2, 0) is 27.3 Å². The SMILES string of the molecule is O=C(CN(Cc1cccs1)C(=O)CCC(=O)Nc1ccccn1)NCCc1ccccc1. The van der Waals surface area contributed by atoms with E-state index in [9.17, 15) is 14.4 Å². The van der Waals surface area contributed by atoms with Crippen molar-refractivity contribution in [2.75, 3.05) is 18.4 Å². The van der Waals surface area contributed by atoms with E-state index in [1.165, 1.54) is 16.2 Å². The van der Waals surface area contributed by atoms with Gasteiger partial charge >= 0.3 is 0 Å². The zero-order chi connectivity index (χ0) is 22.6. The summed E-state index contributed by atoms with van der Waals surface area (Å²) in [6.45, 7) is 0.786. The van der Waals surface area contributed by atoms with Crippen molar-refractivity contribution in [3.8, 4) is 0 Å². The van der Waals surface area contributed by atoms with Crippen molar-refractivity contribution in [2.45, 2.75) is 25.8 Å². The largest absolute Gasteiger partial charge is 0.354 e. The van der Waals surface area contributed by atoms with E-state index in [2.05, 4.69) is 15.6 Å². The molecule has 2 heterocycles. The summed E-state index contributed by atoms with van der Waals surface area (Å²) in [6, 6.07) is 18.9. The lowest BCUT2D eigenvalue weighted by atomic mass is 10.1. The molecule has 0 atom stereocenters. The Morgan fingerprint density at radius 3 is 2.44 bits per heavy atom. The van der Waals surface area contributed by atoms with E-state index in [0.717, 1.165) is 16.9 Å². The second kappa shape index (κ2) is 12.4. The van der Waals surface area contributed by atoms with Gasteiger partial charge in [0, 0.05) is 30.5 Å². The van der Waals surface area contributed by atoms with E-state index >= 15 is 0 Å². The predicted molar refractivity (Wildman–Crippen MR) is 125 cm³/mol. The molecular formula is C24H26N4O3S. The third-order valence-electron chi connectivity index (χ3n) is 4.69. The summed E-state index contributed by atoms with van der Waals surface area (Å²) in [5, 5.41) is 7.47. The molecule has 0 fully saturated rings. The molecule has 0 radical (unpaired) electrons. The highest BCUT2D eigenvalue weighted by Crippen LogP contribution is 2.13. The van der Waals surface area contributed by atoms with Crippen molar-refractivity contribution in [2.24, 2.45) is 0 Å². The van der Waals surface area contributed by atoms with Gasteiger partial charge in [0.15, 0.2) is 0 Å². The maximum Gasteiger partial charge on any atom is 0.239 e. The van der Waals surface area contributed by atoms with Crippen molar-refractivity contribution in [3.05, 3.63) is 82.7 Å². The van der Waals surface area contributed by atoms with Crippen LogP contribution in [-0.4, -0.2) is 40.7 Å². The van der Waals surface area contributed by atoms with E-state index in [1.807, 2.05) is 47.8 Å². The van der Waals surface area contributed by atoms with Gasteiger partial charge in [-0.25, -0.2) is 4.98 Å². The normalized spacial score (nSPS) is 10.4. The Morgan fingerprint density at radius 1 is 0.906 bits per heavy atom. The molecule has 7 nitrogen and oxygen atoms in total. The Balaban J connectivity index is 1.50. The summed E-state index contributed by atoms with van der Waals surface area (Å²) in [7, 11) is 0. The van der Waals surface area contributed by atoms with Gasteiger partial charge in [-0.2, -0.15) is 0 Å². The molecule has 3 amide bonds. The molecule has 0 aliphatic heterocycles. The first-order valence-electron chi connectivity index (χ1n) is 10.4. The molecule has 2 N–H and O–H groups in total. The van der Waals surface area contributed by atoms with Crippen molar-refractivity contribution < 1.29 is 14.4 Å². The number of carbonyl (C=O) groups excluding carboxylic acids is 3. The van der Waals surface area contributed by atoms with E-state index in [1.54, 1.807) is 24.4 Å². The maximum atomic E-state index is 12.8. The molecule has 0 aliphatic rings. The van der Waals surface area contributed by atoms with Crippen LogP contribution in [0.1, 0.15) is 23.3 Å². The van der Waals surface area contributed by atoms with Gasteiger partial charge in [0.2, 0.25) is 17.7 Å². The molecule has 8 heteroatoms. The highest BCUT2D eigenvalue weighted by molar-refractivity contribution is 7.09. The summed E-state index contributed by atoms with van der Waals surface area (Å²) in [5.41, 5.74) is 1.14. The Kier molecular flexibility index (Phi) is 8.94. The smallest absolute Gasteiger partial charge is 0.239 e. The number of carbonyl (C=O) groups is 3. The fraction of sp³-hybridized carbons (Fsp3) is 0.250. The van der Waals surface area contributed by atoms with Gasteiger partial charge in [-0.05, 0) is 35.6 Å². The zero-order valence-electron chi connectivity index (χ0n) is 17.7. The lowest BCUT2D eigenvalue weighted by molar-refractivity contribution is -0.137. The number of nitrogens with zero attached hydrogens (tertiary/aromatic N) is 2. The second-order valence-corrected chi connectivity index (χ2v) is 8.21. The third-order valence-corrected chi connectivity index (χ3v) is 5.55. The minimum Gasteiger partial charge on any atom is -0.354 e. The monoisotopic (exact) mass is 450 g/mol. The molecule has 0 bridgehead atoms. The molecule has 1 aromatic carbocycles. The minimum absolute atomic E-state index is 0.0152. The standard InChI is InChI=1S/C24H26N4O3S/c29-22(27-21-10-4-5-14-25-21)11-12-24(31)28(17-20-9-6-16-32-20)18-23(30)26-15-13-19-7-2-1-3-8-19/h1-10,14,16H,11-13,15,17-18H2,(H,26,30)(H,25,27,29). The number of rotatable bonds is 11. The van der Waals surface area contributed by atoms with Crippen LogP contribution in [0.5, 0.6) is 0 Å². The first-order valence-corrected chi connectivity index (χ1v) is 11.3. The summed E-state index contributed by atoms with van der Waals surface area (Å²) in [4.78, 5) is 44.0. The number of thiophene rings is 1. The Labute approximate surface area is 191 Å². The highest BCUT2D eigenvalue weighted by atomic mass is 32.1. The summed E-state index contributed by atoms with van der Waals surface area (Å²) >= 11 is 1.52. The Hall–Kier alpha value is -3.52. The van der Waals surface area contributed by atoms with Crippen molar-refractivity contribution in [3.63, 3.8) is 0 Å². The van der Waals surface area contributed by atoms with Crippen molar-refractivity contribution in [1.82, 2.24) is 15.2 Å². The number of benzene rings is 1. The molecule has 166 valence electrons. The number of pyridine rings is 1. The second-order valence-electron chi connectivity index (χ2n) is 7.18. The van der Waals surface area contributed by atoms with Gasteiger partial charge in [0.25, 0.3) is 0 Å². The number of hydrogen-bond donors (Lipinski definition) is 2. The molecule has 32 heavy (non-hydrogen) atoms. The van der Waals surface area contributed by atoms with Gasteiger partial charge in [-0.3, -0.25) is 14.4 Å². The average molecular weight is 451 g/mol. The quantitative estimate of drug-likeness (QED) is 0.469.